The van der Waals surface area contributed by atoms with Gasteiger partial charge in [0.25, 0.3) is 5.82 Å². The summed E-state index contributed by atoms with van der Waals surface area (Å²) >= 11 is 0. The highest BCUT2D eigenvalue weighted by molar-refractivity contribution is 5.13. The van der Waals surface area contributed by atoms with Gasteiger partial charge < -0.3 is 0 Å². The average molecular weight is 257 g/mol. The first-order valence-electron chi connectivity index (χ1n) is 7.34. The largest absolute Gasteiger partial charge is 0.259 e. The van der Waals surface area contributed by atoms with E-state index in [0.717, 1.165) is 13.1 Å². The maximum atomic E-state index is 2.41. The number of benzene rings is 1. The van der Waals surface area contributed by atoms with Crippen LogP contribution in [0.1, 0.15) is 50.9 Å². The first-order valence-corrected chi connectivity index (χ1v) is 7.34. The highest BCUT2D eigenvalue weighted by Crippen LogP contribution is 2.12. The summed E-state index contributed by atoms with van der Waals surface area (Å²) in [6.45, 7) is 8.90. The lowest BCUT2D eigenvalue weighted by Crippen LogP contribution is -2.38. The molecule has 0 unspecified atom stereocenters. The molecule has 102 valence electrons. The number of hydrogen-bond donors (Lipinski definition) is 0. The Bertz CT molecular complexity index is 497. The summed E-state index contributed by atoms with van der Waals surface area (Å²) in [7, 11) is 0. The Labute approximate surface area is 116 Å². The second kappa shape index (κ2) is 6.55. The van der Waals surface area contributed by atoms with E-state index in [1.54, 1.807) is 0 Å². The van der Waals surface area contributed by atoms with Crippen molar-refractivity contribution >= 4 is 0 Å². The second-order valence-corrected chi connectivity index (χ2v) is 5.47. The molecule has 1 heterocycles. The van der Waals surface area contributed by atoms with Gasteiger partial charge in [-0.2, -0.15) is 0 Å². The fraction of sp³-hybridized carbons (Fsp3) is 0.471. The Kier molecular flexibility index (Phi) is 4.78. The van der Waals surface area contributed by atoms with E-state index in [0.29, 0.717) is 5.92 Å². The van der Waals surface area contributed by atoms with Gasteiger partial charge in [0, 0.05) is 0 Å². The summed E-state index contributed by atoms with van der Waals surface area (Å²) in [6, 6.07) is 10.7. The molecule has 0 saturated carbocycles. The van der Waals surface area contributed by atoms with Crippen LogP contribution in [0.15, 0.2) is 42.7 Å². The van der Waals surface area contributed by atoms with Crippen LogP contribution < -0.4 is 4.57 Å². The van der Waals surface area contributed by atoms with Crippen LogP contribution in [-0.2, 0) is 13.1 Å². The van der Waals surface area contributed by atoms with Crippen LogP contribution in [0.2, 0.25) is 0 Å². The van der Waals surface area contributed by atoms with Gasteiger partial charge in [-0.3, -0.25) is 0 Å². The summed E-state index contributed by atoms with van der Waals surface area (Å²) in [6.07, 6.45) is 6.94. The molecular formula is C17H25N2+. The van der Waals surface area contributed by atoms with Crippen LogP contribution in [0, 0.1) is 0 Å². The van der Waals surface area contributed by atoms with Crippen molar-refractivity contribution in [1.29, 1.82) is 0 Å². The number of hydrogen-bond acceptors (Lipinski definition) is 0. The average Bonchev–Trinajstić information content (AvgIpc) is 2.80. The van der Waals surface area contributed by atoms with Gasteiger partial charge in [0.2, 0.25) is 0 Å². The lowest BCUT2D eigenvalue weighted by atomic mass is 10.2. The summed E-state index contributed by atoms with van der Waals surface area (Å²) in [5.74, 6) is 1.98. The van der Waals surface area contributed by atoms with Crippen molar-refractivity contribution < 1.29 is 4.57 Å². The SMILES string of the molecule is CCCCn1cc[n+](Cc2ccccc2)c1C(C)C. The van der Waals surface area contributed by atoms with E-state index in [1.807, 2.05) is 0 Å². The summed E-state index contributed by atoms with van der Waals surface area (Å²) < 4.78 is 4.80. The van der Waals surface area contributed by atoms with Gasteiger partial charge >= 0.3 is 0 Å². The van der Waals surface area contributed by atoms with E-state index < -0.39 is 0 Å². The Morgan fingerprint density at radius 2 is 1.89 bits per heavy atom. The highest BCUT2D eigenvalue weighted by atomic mass is 15.1. The Balaban J connectivity index is 2.22. The number of rotatable bonds is 6. The lowest BCUT2D eigenvalue weighted by Gasteiger charge is -2.08. The molecule has 1 aromatic carbocycles. The third-order valence-electron chi connectivity index (χ3n) is 3.48. The standard InChI is InChI=1S/C17H25N2/c1-4-5-11-18-12-13-19(17(18)15(2)3)14-16-9-7-6-8-10-16/h6-10,12-13,15H,4-5,11,14H2,1-3H3/q+1. The molecule has 2 rings (SSSR count). The molecule has 0 atom stereocenters. The van der Waals surface area contributed by atoms with Gasteiger partial charge in [-0.1, -0.05) is 57.5 Å². The van der Waals surface area contributed by atoms with Crippen molar-refractivity contribution in [2.45, 2.75) is 52.6 Å². The minimum absolute atomic E-state index is 0.551. The number of nitrogens with zero attached hydrogens (tertiary/aromatic N) is 2. The zero-order chi connectivity index (χ0) is 13.7. The van der Waals surface area contributed by atoms with Crippen molar-refractivity contribution in [3.63, 3.8) is 0 Å². The van der Waals surface area contributed by atoms with Gasteiger partial charge in [-0.05, 0) is 12.0 Å². The zero-order valence-corrected chi connectivity index (χ0v) is 12.3. The molecule has 2 heteroatoms. The van der Waals surface area contributed by atoms with Crippen molar-refractivity contribution in [3.05, 3.63) is 54.1 Å². The van der Waals surface area contributed by atoms with E-state index in [2.05, 4.69) is 72.6 Å². The van der Waals surface area contributed by atoms with Crippen LogP contribution >= 0.6 is 0 Å². The van der Waals surface area contributed by atoms with Crippen molar-refractivity contribution in [2.24, 2.45) is 0 Å². The normalized spacial score (nSPS) is 11.2. The first-order chi connectivity index (χ1) is 9.22. The van der Waals surface area contributed by atoms with Crippen molar-refractivity contribution in [2.75, 3.05) is 0 Å². The summed E-state index contributed by atoms with van der Waals surface area (Å²) in [5.41, 5.74) is 1.36. The lowest BCUT2D eigenvalue weighted by molar-refractivity contribution is -0.696. The predicted octanol–water partition coefficient (Wildman–Crippen LogP) is 3.75. The number of aromatic nitrogens is 2. The van der Waals surface area contributed by atoms with Crippen molar-refractivity contribution in [1.82, 2.24) is 4.57 Å². The summed E-state index contributed by atoms with van der Waals surface area (Å²) in [5, 5.41) is 0. The predicted molar refractivity (Wildman–Crippen MR) is 79.2 cm³/mol. The van der Waals surface area contributed by atoms with E-state index in [1.165, 1.54) is 24.2 Å². The van der Waals surface area contributed by atoms with Gasteiger partial charge in [0.15, 0.2) is 0 Å². The molecule has 1 aromatic heterocycles. The minimum atomic E-state index is 0.551. The molecule has 0 amide bonds. The molecule has 0 bridgehead atoms. The third kappa shape index (κ3) is 3.46. The van der Waals surface area contributed by atoms with E-state index in [4.69, 9.17) is 0 Å². The molecule has 0 radical (unpaired) electrons. The monoisotopic (exact) mass is 257 g/mol. The molecule has 2 nitrogen and oxygen atoms in total. The molecule has 0 fully saturated rings. The zero-order valence-electron chi connectivity index (χ0n) is 12.3. The third-order valence-corrected chi connectivity index (χ3v) is 3.48. The molecule has 0 spiro atoms. The van der Waals surface area contributed by atoms with Crippen LogP contribution in [0.3, 0.4) is 0 Å². The molecule has 0 aliphatic rings. The quantitative estimate of drug-likeness (QED) is 0.697. The van der Waals surface area contributed by atoms with Crippen LogP contribution in [0.4, 0.5) is 0 Å². The van der Waals surface area contributed by atoms with E-state index >= 15 is 0 Å². The molecule has 19 heavy (non-hydrogen) atoms. The van der Waals surface area contributed by atoms with Gasteiger partial charge in [0.05, 0.1) is 12.5 Å². The minimum Gasteiger partial charge on any atom is -0.234 e. The topological polar surface area (TPSA) is 8.81 Å². The molecule has 0 N–H and O–H groups in total. The maximum Gasteiger partial charge on any atom is 0.259 e. The van der Waals surface area contributed by atoms with E-state index in [9.17, 15) is 0 Å². The van der Waals surface area contributed by atoms with Crippen LogP contribution in [0.25, 0.3) is 0 Å². The Morgan fingerprint density at radius 3 is 2.53 bits per heavy atom. The number of unbranched alkanes of at least 4 members (excludes halogenated alkanes) is 1. The second-order valence-electron chi connectivity index (χ2n) is 5.47. The Morgan fingerprint density at radius 1 is 1.16 bits per heavy atom. The number of imidazole rings is 1. The van der Waals surface area contributed by atoms with Gasteiger partial charge in [-0.15, -0.1) is 0 Å². The maximum absolute atomic E-state index is 2.41. The summed E-state index contributed by atoms with van der Waals surface area (Å²) in [4.78, 5) is 0. The van der Waals surface area contributed by atoms with Crippen LogP contribution in [0.5, 0.6) is 0 Å². The van der Waals surface area contributed by atoms with Gasteiger partial charge in [-0.25, -0.2) is 9.13 Å². The fourth-order valence-corrected chi connectivity index (χ4v) is 2.57. The number of aryl methyl sites for hydroxylation is 1. The van der Waals surface area contributed by atoms with E-state index in [-0.39, 0.29) is 0 Å². The molecule has 2 aromatic rings. The molecule has 0 aliphatic heterocycles. The highest BCUT2D eigenvalue weighted by Gasteiger charge is 2.20. The smallest absolute Gasteiger partial charge is 0.234 e. The molecule has 0 saturated heterocycles. The van der Waals surface area contributed by atoms with Crippen molar-refractivity contribution in [3.8, 4) is 0 Å². The Hall–Kier alpha value is -1.57. The fourth-order valence-electron chi connectivity index (χ4n) is 2.57. The van der Waals surface area contributed by atoms with Crippen LogP contribution in [-0.4, -0.2) is 4.57 Å². The first kappa shape index (κ1) is 13.9. The molecular weight excluding hydrogens is 232 g/mol. The van der Waals surface area contributed by atoms with Gasteiger partial charge in [0.1, 0.15) is 18.9 Å². The molecule has 0 aliphatic carbocycles.